The van der Waals surface area contributed by atoms with Crippen LogP contribution in [0.25, 0.3) is 0 Å². The third kappa shape index (κ3) is 2.89. The Morgan fingerprint density at radius 1 is 1.33 bits per heavy atom. The molecule has 1 heterocycles. The van der Waals surface area contributed by atoms with E-state index in [9.17, 15) is 5.11 Å². The van der Waals surface area contributed by atoms with E-state index in [1.165, 1.54) is 0 Å². The molecule has 0 saturated heterocycles. The second kappa shape index (κ2) is 5.50. The van der Waals surface area contributed by atoms with Crippen LogP contribution in [0, 0.1) is 0 Å². The SMILES string of the molecule is CC(CO)(Nc1cccc(Br)c1)c1cccnc1. The van der Waals surface area contributed by atoms with E-state index in [2.05, 4.69) is 26.2 Å². The van der Waals surface area contributed by atoms with E-state index in [0.717, 1.165) is 15.7 Å². The number of nitrogens with zero attached hydrogens (tertiary/aromatic N) is 1. The van der Waals surface area contributed by atoms with Gasteiger partial charge in [-0.1, -0.05) is 28.1 Å². The third-order valence-corrected chi connectivity index (χ3v) is 3.35. The number of hydrogen-bond acceptors (Lipinski definition) is 3. The van der Waals surface area contributed by atoms with Gasteiger partial charge in [-0.05, 0) is 36.8 Å². The number of benzene rings is 1. The number of aromatic nitrogens is 1. The van der Waals surface area contributed by atoms with Gasteiger partial charge in [-0.15, -0.1) is 0 Å². The van der Waals surface area contributed by atoms with E-state index in [0.29, 0.717) is 0 Å². The minimum Gasteiger partial charge on any atom is -0.394 e. The molecule has 4 heteroatoms. The van der Waals surface area contributed by atoms with Crippen molar-refractivity contribution in [3.8, 4) is 0 Å². The molecule has 1 unspecified atom stereocenters. The van der Waals surface area contributed by atoms with Crippen molar-refractivity contribution >= 4 is 21.6 Å². The van der Waals surface area contributed by atoms with Gasteiger partial charge in [0.1, 0.15) is 0 Å². The number of pyridine rings is 1. The minimum atomic E-state index is -0.547. The lowest BCUT2D eigenvalue weighted by molar-refractivity contribution is 0.224. The van der Waals surface area contributed by atoms with Crippen molar-refractivity contribution in [3.63, 3.8) is 0 Å². The molecule has 1 aromatic carbocycles. The van der Waals surface area contributed by atoms with E-state index in [1.54, 1.807) is 12.4 Å². The number of anilines is 1. The Kier molecular flexibility index (Phi) is 3.99. The van der Waals surface area contributed by atoms with Crippen LogP contribution in [0.2, 0.25) is 0 Å². The van der Waals surface area contributed by atoms with Crippen molar-refractivity contribution in [3.05, 3.63) is 58.8 Å². The largest absolute Gasteiger partial charge is 0.394 e. The number of aliphatic hydroxyl groups excluding tert-OH is 1. The third-order valence-electron chi connectivity index (χ3n) is 2.86. The summed E-state index contributed by atoms with van der Waals surface area (Å²) in [5.41, 5.74) is 1.35. The molecule has 3 nitrogen and oxygen atoms in total. The Labute approximate surface area is 115 Å². The van der Waals surface area contributed by atoms with E-state index >= 15 is 0 Å². The summed E-state index contributed by atoms with van der Waals surface area (Å²) in [6.45, 7) is 1.94. The highest BCUT2D eigenvalue weighted by Gasteiger charge is 2.25. The average molecular weight is 307 g/mol. The smallest absolute Gasteiger partial charge is 0.0843 e. The molecule has 1 aromatic heterocycles. The zero-order valence-electron chi connectivity index (χ0n) is 10.1. The van der Waals surface area contributed by atoms with E-state index in [-0.39, 0.29) is 6.61 Å². The molecule has 2 aromatic rings. The molecule has 0 saturated carbocycles. The molecule has 0 spiro atoms. The van der Waals surface area contributed by atoms with Gasteiger partial charge in [-0.2, -0.15) is 0 Å². The zero-order chi connectivity index (χ0) is 13.0. The van der Waals surface area contributed by atoms with Gasteiger partial charge in [-0.25, -0.2) is 0 Å². The molecule has 2 rings (SSSR count). The van der Waals surface area contributed by atoms with Crippen molar-refractivity contribution in [1.82, 2.24) is 4.98 Å². The number of rotatable bonds is 4. The fourth-order valence-corrected chi connectivity index (χ4v) is 2.18. The summed E-state index contributed by atoms with van der Waals surface area (Å²) in [5, 5.41) is 13.0. The molecule has 0 aliphatic heterocycles. The molecular weight excluding hydrogens is 292 g/mol. The Bertz CT molecular complexity index is 518. The second-order valence-corrected chi connectivity index (χ2v) is 5.28. The van der Waals surface area contributed by atoms with Gasteiger partial charge in [0.25, 0.3) is 0 Å². The summed E-state index contributed by atoms with van der Waals surface area (Å²) in [6.07, 6.45) is 3.49. The maximum absolute atomic E-state index is 9.67. The van der Waals surface area contributed by atoms with Crippen LogP contribution in [-0.2, 0) is 5.54 Å². The minimum absolute atomic E-state index is 0.00872. The molecule has 1 atom stereocenters. The molecule has 0 aliphatic rings. The van der Waals surface area contributed by atoms with Gasteiger partial charge in [0.15, 0.2) is 0 Å². The summed E-state index contributed by atoms with van der Waals surface area (Å²) in [7, 11) is 0. The van der Waals surface area contributed by atoms with Gasteiger partial charge in [0, 0.05) is 22.6 Å². The van der Waals surface area contributed by atoms with Crippen LogP contribution in [0.15, 0.2) is 53.3 Å². The maximum Gasteiger partial charge on any atom is 0.0843 e. The van der Waals surface area contributed by atoms with Gasteiger partial charge in [-0.3, -0.25) is 4.98 Å². The van der Waals surface area contributed by atoms with Gasteiger partial charge in [0.05, 0.1) is 12.1 Å². The van der Waals surface area contributed by atoms with Crippen LogP contribution < -0.4 is 5.32 Å². The number of aliphatic hydroxyl groups is 1. The molecule has 0 fully saturated rings. The van der Waals surface area contributed by atoms with Gasteiger partial charge in [0.2, 0.25) is 0 Å². The Balaban J connectivity index is 2.29. The Morgan fingerprint density at radius 2 is 2.17 bits per heavy atom. The first-order chi connectivity index (χ1) is 8.64. The lowest BCUT2D eigenvalue weighted by atomic mass is 9.94. The summed E-state index contributed by atoms with van der Waals surface area (Å²) in [5.74, 6) is 0. The summed E-state index contributed by atoms with van der Waals surface area (Å²) in [6, 6.07) is 11.7. The van der Waals surface area contributed by atoms with Crippen molar-refractivity contribution in [1.29, 1.82) is 0 Å². The highest BCUT2D eigenvalue weighted by Crippen LogP contribution is 2.26. The van der Waals surface area contributed by atoms with Crippen LogP contribution in [0.1, 0.15) is 12.5 Å². The first kappa shape index (κ1) is 13.1. The highest BCUT2D eigenvalue weighted by molar-refractivity contribution is 9.10. The van der Waals surface area contributed by atoms with Crippen LogP contribution in [0.4, 0.5) is 5.69 Å². The average Bonchev–Trinajstić information content (AvgIpc) is 2.39. The predicted octanol–water partition coefficient (Wildman–Crippen LogP) is 3.16. The number of nitrogens with one attached hydrogen (secondary N) is 1. The predicted molar refractivity (Wildman–Crippen MR) is 76.4 cm³/mol. The van der Waals surface area contributed by atoms with Crippen LogP contribution in [0.5, 0.6) is 0 Å². The van der Waals surface area contributed by atoms with Crippen molar-refractivity contribution in [2.75, 3.05) is 11.9 Å². The summed E-state index contributed by atoms with van der Waals surface area (Å²) in [4.78, 5) is 4.10. The topological polar surface area (TPSA) is 45.1 Å². The molecule has 0 radical (unpaired) electrons. The Hall–Kier alpha value is -1.39. The van der Waals surface area contributed by atoms with Crippen LogP contribution >= 0.6 is 15.9 Å². The second-order valence-electron chi connectivity index (χ2n) is 4.37. The highest BCUT2D eigenvalue weighted by atomic mass is 79.9. The van der Waals surface area contributed by atoms with Gasteiger partial charge >= 0.3 is 0 Å². The molecule has 0 bridgehead atoms. The van der Waals surface area contributed by atoms with E-state index in [1.807, 2.05) is 43.3 Å². The lowest BCUT2D eigenvalue weighted by Gasteiger charge is -2.30. The molecular formula is C14H15BrN2O. The normalized spacial score (nSPS) is 13.9. The first-order valence-electron chi connectivity index (χ1n) is 5.69. The van der Waals surface area contributed by atoms with Gasteiger partial charge < -0.3 is 10.4 Å². The van der Waals surface area contributed by atoms with Crippen LogP contribution in [-0.4, -0.2) is 16.7 Å². The molecule has 0 amide bonds. The summed E-state index contributed by atoms with van der Waals surface area (Å²) >= 11 is 3.43. The number of halogens is 1. The zero-order valence-corrected chi connectivity index (χ0v) is 11.7. The lowest BCUT2D eigenvalue weighted by Crippen LogP contribution is -2.35. The van der Waals surface area contributed by atoms with Crippen molar-refractivity contribution in [2.45, 2.75) is 12.5 Å². The Morgan fingerprint density at radius 3 is 2.78 bits per heavy atom. The molecule has 2 N–H and O–H groups in total. The molecule has 18 heavy (non-hydrogen) atoms. The molecule has 0 aliphatic carbocycles. The fraction of sp³-hybridized carbons (Fsp3) is 0.214. The standard InChI is InChI=1S/C14H15BrN2O/c1-14(10-18,11-4-3-7-16-9-11)17-13-6-2-5-12(15)8-13/h2-9,17-18H,10H2,1H3. The summed E-state index contributed by atoms with van der Waals surface area (Å²) < 4.78 is 0.999. The first-order valence-corrected chi connectivity index (χ1v) is 6.48. The fourth-order valence-electron chi connectivity index (χ4n) is 1.78. The van der Waals surface area contributed by atoms with E-state index in [4.69, 9.17) is 0 Å². The number of hydrogen-bond donors (Lipinski definition) is 2. The quantitative estimate of drug-likeness (QED) is 0.912. The van der Waals surface area contributed by atoms with Crippen molar-refractivity contribution < 1.29 is 5.11 Å². The van der Waals surface area contributed by atoms with Crippen molar-refractivity contribution in [2.24, 2.45) is 0 Å². The van der Waals surface area contributed by atoms with Crippen LogP contribution in [0.3, 0.4) is 0 Å². The van der Waals surface area contributed by atoms with E-state index < -0.39 is 5.54 Å². The maximum atomic E-state index is 9.67. The molecule has 94 valence electrons. The monoisotopic (exact) mass is 306 g/mol.